The molecule has 1 heterocycles. The smallest absolute Gasteiger partial charge is 0.192 e. The quantitative estimate of drug-likeness (QED) is 0.426. The van der Waals surface area contributed by atoms with Crippen LogP contribution in [0.15, 0.2) is 48.1 Å². The standard InChI is InChI=1S/C15H17N3O2S/c1-3-9-18-14(10-20-2)16-17-15(18)21-11-13(19)12-7-5-4-6-8-12/h3-8H,1,9-11H2,2H3. The Labute approximate surface area is 128 Å². The molecule has 5 nitrogen and oxygen atoms in total. The van der Waals surface area contributed by atoms with E-state index in [-0.39, 0.29) is 5.78 Å². The van der Waals surface area contributed by atoms with Crippen molar-refractivity contribution < 1.29 is 9.53 Å². The highest BCUT2D eigenvalue weighted by Crippen LogP contribution is 2.19. The summed E-state index contributed by atoms with van der Waals surface area (Å²) in [6, 6.07) is 9.23. The van der Waals surface area contributed by atoms with Gasteiger partial charge in [0.15, 0.2) is 16.8 Å². The maximum absolute atomic E-state index is 12.1. The lowest BCUT2D eigenvalue weighted by Gasteiger charge is -2.06. The van der Waals surface area contributed by atoms with Crippen LogP contribution in [0.2, 0.25) is 0 Å². The van der Waals surface area contributed by atoms with E-state index in [0.717, 1.165) is 5.82 Å². The van der Waals surface area contributed by atoms with Crippen molar-refractivity contribution in [1.82, 2.24) is 14.8 Å². The third kappa shape index (κ3) is 4.03. The third-order valence-corrected chi connectivity index (χ3v) is 3.77. The number of Topliss-reactive ketones (excluding diaryl/α,β-unsaturated/α-hetero) is 1. The van der Waals surface area contributed by atoms with Crippen LogP contribution < -0.4 is 0 Å². The van der Waals surface area contributed by atoms with Gasteiger partial charge in [-0.3, -0.25) is 4.79 Å². The average Bonchev–Trinajstić information content (AvgIpc) is 2.89. The first-order valence-corrected chi connectivity index (χ1v) is 7.47. The van der Waals surface area contributed by atoms with Gasteiger partial charge in [-0.2, -0.15) is 0 Å². The molecular formula is C15H17N3O2S. The number of allylic oxidation sites excluding steroid dienone is 1. The highest BCUT2D eigenvalue weighted by Gasteiger charge is 2.13. The molecule has 0 unspecified atom stereocenters. The first kappa shape index (κ1) is 15.5. The normalized spacial score (nSPS) is 10.5. The molecule has 0 spiro atoms. The molecule has 0 saturated carbocycles. The summed E-state index contributed by atoms with van der Waals surface area (Å²) in [6.45, 7) is 4.70. The molecule has 0 saturated heterocycles. The number of nitrogens with zero attached hydrogens (tertiary/aromatic N) is 3. The molecule has 0 radical (unpaired) electrons. The molecule has 1 aromatic carbocycles. The zero-order valence-electron chi connectivity index (χ0n) is 11.9. The van der Waals surface area contributed by atoms with Crippen LogP contribution in [0.5, 0.6) is 0 Å². The van der Waals surface area contributed by atoms with Gasteiger partial charge in [0, 0.05) is 19.2 Å². The van der Waals surface area contributed by atoms with Crippen LogP contribution >= 0.6 is 11.8 Å². The van der Waals surface area contributed by atoms with Crippen molar-refractivity contribution in [2.75, 3.05) is 12.9 Å². The molecule has 0 N–H and O–H groups in total. The number of hydrogen-bond donors (Lipinski definition) is 0. The molecule has 0 aliphatic rings. The molecule has 2 aromatic rings. The van der Waals surface area contributed by atoms with Gasteiger partial charge in [0.25, 0.3) is 0 Å². The third-order valence-electron chi connectivity index (χ3n) is 2.81. The SMILES string of the molecule is C=CCn1c(COC)nnc1SCC(=O)c1ccccc1. The van der Waals surface area contributed by atoms with Gasteiger partial charge in [0.2, 0.25) is 0 Å². The number of aromatic nitrogens is 3. The van der Waals surface area contributed by atoms with E-state index in [1.807, 2.05) is 34.9 Å². The summed E-state index contributed by atoms with van der Waals surface area (Å²) in [6.07, 6.45) is 1.77. The van der Waals surface area contributed by atoms with E-state index >= 15 is 0 Å². The maximum atomic E-state index is 12.1. The second-order valence-corrected chi connectivity index (χ2v) is 5.25. The number of hydrogen-bond acceptors (Lipinski definition) is 5. The molecule has 2 rings (SSSR count). The van der Waals surface area contributed by atoms with Crippen molar-refractivity contribution in [3.8, 4) is 0 Å². The van der Waals surface area contributed by atoms with Crippen LogP contribution in [0.1, 0.15) is 16.2 Å². The Morgan fingerprint density at radius 1 is 1.38 bits per heavy atom. The highest BCUT2D eigenvalue weighted by atomic mass is 32.2. The number of thioether (sulfide) groups is 1. The van der Waals surface area contributed by atoms with Crippen molar-refractivity contribution in [3.05, 3.63) is 54.4 Å². The van der Waals surface area contributed by atoms with Crippen molar-refractivity contribution in [3.63, 3.8) is 0 Å². The zero-order chi connectivity index (χ0) is 15.1. The number of rotatable bonds is 8. The zero-order valence-corrected chi connectivity index (χ0v) is 12.7. The van der Waals surface area contributed by atoms with E-state index in [0.29, 0.717) is 29.6 Å². The molecule has 0 atom stereocenters. The van der Waals surface area contributed by atoms with Gasteiger partial charge >= 0.3 is 0 Å². The summed E-state index contributed by atoms with van der Waals surface area (Å²) in [5.41, 5.74) is 0.705. The summed E-state index contributed by atoms with van der Waals surface area (Å²) >= 11 is 1.37. The van der Waals surface area contributed by atoms with E-state index in [9.17, 15) is 4.79 Å². The topological polar surface area (TPSA) is 57.0 Å². The summed E-state index contributed by atoms with van der Waals surface area (Å²) in [4.78, 5) is 12.1. The lowest BCUT2D eigenvalue weighted by Crippen LogP contribution is -2.07. The molecular weight excluding hydrogens is 286 g/mol. The van der Waals surface area contributed by atoms with Crippen LogP contribution in [0.3, 0.4) is 0 Å². The number of carbonyl (C=O) groups excluding carboxylic acids is 1. The predicted octanol–water partition coefficient (Wildman–Crippen LogP) is 2.59. The second kappa shape index (κ2) is 7.75. The number of carbonyl (C=O) groups is 1. The Morgan fingerprint density at radius 2 is 2.14 bits per heavy atom. The molecule has 0 amide bonds. The highest BCUT2D eigenvalue weighted by molar-refractivity contribution is 7.99. The van der Waals surface area contributed by atoms with Crippen molar-refractivity contribution in [2.45, 2.75) is 18.3 Å². The molecule has 0 bridgehead atoms. The van der Waals surface area contributed by atoms with E-state index in [2.05, 4.69) is 16.8 Å². The maximum Gasteiger partial charge on any atom is 0.192 e. The van der Waals surface area contributed by atoms with Gasteiger partial charge in [-0.05, 0) is 0 Å². The van der Waals surface area contributed by atoms with Gasteiger partial charge in [-0.15, -0.1) is 16.8 Å². The largest absolute Gasteiger partial charge is 0.377 e. The Bertz CT molecular complexity index is 611. The number of ether oxygens (including phenoxy) is 1. The van der Waals surface area contributed by atoms with Gasteiger partial charge < -0.3 is 9.30 Å². The van der Waals surface area contributed by atoms with Gasteiger partial charge in [-0.1, -0.05) is 48.2 Å². The van der Waals surface area contributed by atoms with Crippen LogP contribution in [-0.4, -0.2) is 33.4 Å². The minimum Gasteiger partial charge on any atom is -0.377 e. The Hall–Kier alpha value is -1.92. The van der Waals surface area contributed by atoms with Crippen molar-refractivity contribution in [1.29, 1.82) is 0 Å². The molecule has 6 heteroatoms. The summed E-state index contributed by atoms with van der Waals surface area (Å²) in [5.74, 6) is 1.13. The first-order valence-electron chi connectivity index (χ1n) is 6.49. The lowest BCUT2D eigenvalue weighted by molar-refractivity contribution is 0.102. The van der Waals surface area contributed by atoms with Crippen molar-refractivity contribution in [2.24, 2.45) is 0 Å². The van der Waals surface area contributed by atoms with Crippen LogP contribution in [-0.2, 0) is 17.9 Å². The van der Waals surface area contributed by atoms with Crippen LogP contribution in [0.25, 0.3) is 0 Å². The molecule has 0 fully saturated rings. The summed E-state index contributed by atoms with van der Waals surface area (Å²) < 4.78 is 6.99. The molecule has 0 aliphatic carbocycles. The van der Waals surface area contributed by atoms with Crippen LogP contribution in [0, 0.1) is 0 Å². The monoisotopic (exact) mass is 303 g/mol. The molecule has 1 aromatic heterocycles. The van der Waals surface area contributed by atoms with E-state index < -0.39 is 0 Å². The van der Waals surface area contributed by atoms with Gasteiger partial charge in [-0.25, -0.2) is 0 Å². The minimum atomic E-state index is 0.0713. The lowest BCUT2D eigenvalue weighted by atomic mass is 10.2. The van der Waals surface area contributed by atoms with E-state index in [1.165, 1.54) is 11.8 Å². The average molecular weight is 303 g/mol. The molecule has 21 heavy (non-hydrogen) atoms. The van der Waals surface area contributed by atoms with Crippen LogP contribution in [0.4, 0.5) is 0 Å². The van der Waals surface area contributed by atoms with Crippen molar-refractivity contribution >= 4 is 17.5 Å². The summed E-state index contributed by atoms with van der Waals surface area (Å²) in [7, 11) is 1.61. The van der Waals surface area contributed by atoms with E-state index in [4.69, 9.17) is 4.74 Å². The Morgan fingerprint density at radius 3 is 2.81 bits per heavy atom. The number of methoxy groups -OCH3 is 1. The molecule has 110 valence electrons. The van der Waals surface area contributed by atoms with E-state index in [1.54, 1.807) is 13.2 Å². The fourth-order valence-corrected chi connectivity index (χ4v) is 2.67. The Balaban J connectivity index is 2.06. The minimum absolute atomic E-state index is 0.0713. The fourth-order valence-electron chi connectivity index (χ4n) is 1.81. The number of benzene rings is 1. The fraction of sp³-hybridized carbons (Fsp3) is 0.267. The predicted molar refractivity (Wildman–Crippen MR) is 82.4 cm³/mol. The Kier molecular flexibility index (Phi) is 5.71. The summed E-state index contributed by atoms with van der Waals surface area (Å²) in [5, 5.41) is 8.90. The first-order chi connectivity index (χ1) is 10.3. The molecule has 0 aliphatic heterocycles. The number of ketones is 1. The second-order valence-electron chi connectivity index (χ2n) is 4.31. The van der Waals surface area contributed by atoms with Gasteiger partial charge in [0.05, 0.1) is 5.75 Å². The van der Waals surface area contributed by atoms with Gasteiger partial charge in [0.1, 0.15) is 6.61 Å².